The third-order valence-electron chi connectivity index (χ3n) is 2.83. The maximum absolute atomic E-state index is 9.58. The molecule has 20 heavy (non-hydrogen) atoms. The van der Waals surface area contributed by atoms with Crippen LogP contribution in [0, 0.1) is 0 Å². The second kappa shape index (κ2) is 5.51. The average Bonchev–Trinajstić information content (AvgIpc) is 2.90. The molecule has 0 saturated carbocycles. The van der Waals surface area contributed by atoms with Crippen molar-refractivity contribution in [3.63, 3.8) is 0 Å². The molecule has 2 N–H and O–H groups in total. The number of fused-ring (bicyclic) bond motifs is 1. The molecular formula is C13H11BrN4OS. The molecule has 0 bridgehead atoms. The van der Waals surface area contributed by atoms with Gasteiger partial charge in [0.05, 0.1) is 12.4 Å². The van der Waals surface area contributed by atoms with E-state index >= 15 is 0 Å². The Balaban J connectivity index is 1.97. The third-order valence-corrected chi connectivity index (χ3v) is 4.83. The van der Waals surface area contributed by atoms with Crippen molar-refractivity contribution in [2.75, 3.05) is 0 Å². The summed E-state index contributed by atoms with van der Waals surface area (Å²) < 4.78 is 0.923. The first-order chi connectivity index (χ1) is 9.65. The maximum atomic E-state index is 9.58. The number of nitrogens with zero attached hydrogens (tertiary/aromatic N) is 3. The van der Waals surface area contributed by atoms with E-state index in [4.69, 9.17) is 0 Å². The van der Waals surface area contributed by atoms with Crippen LogP contribution in [0.15, 0.2) is 45.2 Å². The molecule has 3 aromatic rings. The highest BCUT2D eigenvalue weighted by Crippen LogP contribution is 2.35. The summed E-state index contributed by atoms with van der Waals surface area (Å²) in [7, 11) is 0. The number of hydrogen-bond donors (Lipinski definition) is 2. The Hall–Kier alpha value is -1.44. The van der Waals surface area contributed by atoms with Gasteiger partial charge in [0.1, 0.15) is 16.9 Å². The molecular weight excluding hydrogens is 340 g/mol. The van der Waals surface area contributed by atoms with E-state index in [9.17, 15) is 5.11 Å². The number of benzene rings is 1. The van der Waals surface area contributed by atoms with E-state index in [1.807, 2.05) is 18.2 Å². The Morgan fingerprint density at radius 1 is 1.30 bits per heavy atom. The molecule has 0 aliphatic carbocycles. The van der Waals surface area contributed by atoms with Crippen LogP contribution < -0.4 is 0 Å². The number of rotatable bonds is 3. The van der Waals surface area contributed by atoms with Gasteiger partial charge in [-0.05, 0) is 40.5 Å². The van der Waals surface area contributed by atoms with E-state index in [2.05, 4.69) is 35.9 Å². The van der Waals surface area contributed by atoms with Gasteiger partial charge in [0.25, 0.3) is 0 Å². The fourth-order valence-corrected chi connectivity index (χ4v) is 3.28. The van der Waals surface area contributed by atoms with Crippen molar-refractivity contribution in [3.8, 4) is 0 Å². The van der Waals surface area contributed by atoms with Crippen LogP contribution in [0.3, 0.4) is 0 Å². The standard InChI is InChI=1S/C13H11BrN4OS/c1-7(19)8-2-3-10(9(14)4-8)20-13-11-12(16-5-15-11)17-6-18-13/h2-7,19H,1H3,(H,15,16,17,18)/t7-/m0/s1. The lowest BCUT2D eigenvalue weighted by Crippen LogP contribution is -1.91. The van der Waals surface area contributed by atoms with E-state index in [-0.39, 0.29) is 0 Å². The zero-order valence-electron chi connectivity index (χ0n) is 10.5. The topological polar surface area (TPSA) is 74.7 Å². The lowest BCUT2D eigenvalue weighted by molar-refractivity contribution is 0.199. The zero-order chi connectivity index (χ0) is 14.1. The molecule has 0 amide bonds. The second-order valence-corrected chi connectivity index (χ2v) is 6.13. The summed E-state index contributed by atoms with van der Waals surface area (Å²) >= 11 is 5.04. The summed E-state index contributed by atoms with van der Waals surface area (Å²) in [5.74, 6) is 0. The molecule has 7 heteroatoms. The van der Waals surface area contributed by atoms with Gasteiger partial charge >= 0.3 is 0 Å². The van der Waals surface area contributed by atoms with Crippen molar-refractivity contribution in [1.82, 2.24) is 19.9 Å². The Morgan fingerprint density at radius 2 is 2.15 bits per heavy atom. The smallest absolute Gasteiger partial charge is 0.181 e. The predicted molar refractivity (Wildman–Crippen MR) is 80.6 cm³/mol. The summed E-state index contributed by atoms with van der Waals surface area (Å²) in [6.07, 6.45) is 2.63. The second-order valence-electron chi connectivity index (χ2n) is 4.25. The quantitative estimate of drug-likeness (QED) is 0.708. The van der Waals surface area contributed by atoms with Gasteiger partial charge in [-0.1, -0.05) is 17.8 Å². The largest absolute Gasteiger partial charge is 0.389 e. The monoisotopic (exact) mass is 350 g/mol. The number of nitrogens with one attached hydrogen (secondary N) is 1. The highest BCUT2D eigenvalue weighted by Gasteiger charge is 2.11. The fourth-order valence-electron chi connectivity index (χ4n) is 1.78. The molecule has 0 radical (unpaired) electrons. The van der Waals surface area contributed by atoms with Gasteiger partial charge in [0.15, 0.2) is 5.65 Å². The first kappa shape index (κ1) is 13.5. The Bertz CT molecular complexity index is 759. The Labute approximate surface area is 128 Å². The number of aromatic amines is 1. The lowest BCUT2D eigenvalue weighted by Gasteiger charge is -2.08. The van der Waals surface area contributed by atoms with Crippen molar-refractivity contribution in [2.45, 2.75) is 22.9 Å². The number of aliphatic hydroxyl groups excluding tert-OH is 1. The SMILES string of the molecule is C[C@H](O)c1ccc(Sc2ncnc3nc[nH]c23)c(Br)c1. The van der Waals surface area contributed by atoms with Gasteiger partial charge < -0.3 is 10.1 Å². The van der Waals surface area contributed by atoms with Crippen molar-refractivity contribution >= 4 is 38.9 Å². The summed E-state index contributed by atoms with van der Waals surface area (Å²) in [6.45, 7) is 1.74. The first-order valence-electron chi connectivity index (χ1n) is 5.94. The molecule has 3 rings (SSSR count). The van der Waals surface area contributed by atoms with E-state index in [0.29, 0.717) is 5.65 Å². The van der Waals surface area contributed by atoms with Crippen LogP contribution >= 0.6 is 27.7 Å². The Kier molecular flexibility index (Phi) is 3.73. The van der Waals surface area contributed by atoms with Gasteiger partial charge in [-0.15, -0.1) is 0 Å². The molecule has 1 atom stereocenters. The average molecular weight is 351 g/mol. The maximum Gasteiger partial charge on any atom is 0.181 e. The molecule has 0 aliphatic heterocycles. The highest BCUT2D eigenvalue weighted by molar-refractivity contribution is 9.10. The van der Waals surface area contributed by atoms with E-state index in [1.165, 1.54) is 18.1 Å². The van der Waals surface area contributed by atoms with Crippen LogP contribution in [-0.4, -0.2) is 25.0 Å². The van der Waals surface area contributed by atoms with E-state index in [1.54, 1.807) is 13.3 Å². The van der Waals surface area contributed by atoms with Crippen molar-refractivity contribution < 1.29 is 5.11 Å². The van der Waals surface area contributed by atoms with Gasteiger partial charge in [-0.3, -0.25) is 0 Å². The Morgan fingerprint density at radius 3 is 2.90 bits per heavy atom. The van der Waals surface area contributed by atoms with Crippen LogP contribution in [0.5, 0.6) is 0 Å². The predicted octanol–water partition coefficient (Wildman–Crippen LogP) is 3.32. The van der Waals surface area contributed by atoms with Gasteiger partial charge in [0, 0.05) is 9.37 Å². The van der Waals surface area contributed by atoms with E-state index < -0.39 is 6.10 Å². The summed E-state index contributed by atoms with van der Waals surface area (Å²) in [6, 6.07) is 5.78. The minimum Gasteiger partial charge on any atom is -0.389 e. The zero-order valence-corrected chi connectivity index (χ0v) is 12.9. The van der Waals surface area contributed by atoms with Crippen LogP contribution in [0.4, 0.5) is 0 Å². The summed E-state index contributed by atoms with van der Waals surface area (Å²) in [5, 5.41) is 10.4. The molecule has 2 aromatic heterocycles. The molecule has 102 valence electrons. The summed E-state index contributed by atoms with van der Waals surface area (Å²) in [4.78, 5) is 16.6. The molecule has 0 unspecified atom stereocenters. The number of aliphatic hydroxyl groups is 1. The molecule has 0 spiro atoms. The van der Waals surface area contributed by atoms with Crippen molar-refractivity contribution in [2.24, 2.45) is 0 Å². The number of hydrogen-bond acceptors (Lipinski definition) is 5. The highest BCUT2D eigenvalue weighted by atomic mass is 79.9. The van der Waals surface area contributed by atoms with Crippen LogP contribution in [0.1, 0.15) is 18.6 Å². The van der Waals surface area contributed by atoms with Gasteiger partial charge in [-0.25, -0.2) is 15.0 Å². The fraction of sp³-hybridized carbons (Fsp3) is 0.154. The normalized spacial score (nSPS) is 12.8. The number of halogens is 1. The van der Waals surface area contributed by atoms with Gasteiger partial charge in [0.2, 0.25) is 0 Å². The molecule has 0 aliphatic rings. The van der Waals surface area contributed by atoms with E-state index in [0.717, 1.165) is 25.5 Å². The minimum absolute atomic E-state index is 0.483. The van der Waals surface area contributed by atoms with Crippen molar-refractivity contribution in [3.05, 3.63) is 40.9 Å². The molecule has 1 aromatic carbocycles. The third kappa shape index (κ3) is 2.56. The first-order valence-corrected chi connectivity index (χ1v) is 7.55. The molecule has 2 heterocycles. The number of aromatic nitrogens is 4. The summed E-state index contributed by atoms with van der Waals surface area (Å²) in [5.41, 5.74) is 2.35. The molecule has 0 saturated heterocycles. The van der Waals surface area contributed by atoms with Crippen LogP contribution in [0.2, 0.25) is 0 Å². The lowest BCUT2D eigenvalue weighted by atomic mass is 10.1. The number of H-pyrrole nitrogens is 1. The molecule has 0 fully saturated rings. The van der Waals surface area contributed by atoms with Crippen molar-refractivity contribution in [1.29, 1.82) is 0 Å². The van der Waals surface area contributed by atoms with Crippen LogP contribution in [-0.2, 0) is 0 Å². The van der Waals surface area contributed by atoms with Gasteiger partial charge in [-0.2, -0.15) is 0 Å². The number of imidazole rings is 1. The minimum atomic E-state index is -0.483. The molecule has 5 nitrogen and oxygen atoms in total. The van der Waals surface area contributed by atoms with Crippen LogP contribution in [0.25, 0.3) is 11.2 Å².